The number of carbonyl (C=O) groups excluding carboxylic acids is 2. The number of esters is 1. The molecule has 0 aliphatic rings. The third-order valence-electron chi connectivity index (χ3n) is 5.98. The SMILES string of the molecule is CC(=O)O[C@H](CCl)COc1c(Cl)cc(C(C)(C)c2ccc(OC[C@@H](C)CN(C(C)=O)S(C)(=O)=O)cc2)cc1Cl. The van der Waals surface area contributed by atoms with E-state index in [0.29, 0.717) is 15.8 Å². The summed E-state index contributed by atoms with van der Waals surface area (Å²) in [5.74, 6) is -0.253. The summed E-state index contributed by atoms with van der Waals surface area (Å²) in [7, 11) is -3.63. The summed E-state index contributed by atoms with van der Waals surface area (Å²) in [6.07, 6.45) is 0.371. The lowest BCUT2D eigenvalue weighted by atomic mass is 9.78. The van der Waals surface area contributed by atoms with Gasteiger partial charge in [0.25, 0.3) is 0 Å². The Morgan fingerprint density at radius 3 is 2.00 bits per heavy atom. The van der Waals surface area contributed by atoms with E-state index in [1.807, 2.05) is 45.0 Å². The molecule has 0 saturated heterocycles. The Kier molecular flexibility index (Phi) is 11.8. The van der Waals surface area contributed by atoms with Crippen molar-refractivity contribution in [3.8, 4) is 11.5 Å². The molecule has 0 aromatic heterocycles. The van der Waals surface area contributed by atoms with Crippen LogP contribution in [0.1, 0.15) is 45.7 Å². The van der Waals surface area contributed by atoms with Crippen LogP contribution >= 0.6 is 34.8 Å². The molecule has 0 aliphatic heterocycles. The number of amides is 1. The third-order valence-corrected chi connectivity index (χ3v) is 8.09. The summed E-state index contributed by atoms with van der Waals surface area (Å²) >= 11 is 18.9. The van der Waals surface area contributed by atoms with Gasteiger partial charge in [0.2, 0.25) is 15.9 Å². The van der Waals surface area contributed by atoms with E-state index in [9.17, 15) is 18.0 Å². The van der Waals surface area contributed by atoms with Crippen molar-refractivity contribution in [1.82, 2.24) is 4.31 Å². The first-order valence-electron chi connectivity index (χ1n) is 12.1. The summed E-state index contributed by atoms with van der Waals surface area (Å²) in [4.78, 5) is 22.9. The van der Waals surface area contributed by atoms with Gasteiger partial charge in [0, 0.05) is 31.7 Å². The smallest absolute Gasteiger partial charge is 0.303 e. The number of ether oxygens (including phenoxy) is 3. The van der Waals surface area contributed by atoms with Crippen molar-refractivity contribution in [2.24, 2.45) is 5.92 Å². The fraction of sp³-hybridized carbons (Fsp3) is 0.481. The van der Waals surface area contributed by atoms with Crippen molar-refractivity contribution < 1.29 is 32.2 Å². The molecule has 2 aromatic carbocycles. The largest absolute Gasteiger partial charge is 0.493 e. The van der Waals surface area contributed by atoms with E-state index in [4.69, 9.17) is 49.0 Å². The third kappa shape index (κ3) is 9.45. The van der Waals surface area contributed by atoms with Gasteiger partial charge in [0.05, 0.1) is 28.8 Å². The van der Waals surface area contributed by atoms with E-state index in [2.05, 4.69) is 0 Å². The molecule has 8 nitrogen and oxygen atoms in total. The van der Waals surface area contributed by atoms with Crippen LogP contribution in [-0.2, 0) is 29.8 Å². The van der Waals surface area contributed by atoms with Crippen molar-refractivity contribution in [2.75, 3.05) is 31.9 Å². The second kappa shape index (κ2) is 13.9. The minimum atomic E-state index is -3.63. The van der Waals surface area contributed by atoms with Crippen LogP contribution in [0.2, 0.25) is 10.0 Å². The van der Waals surface area contributed by atoms with Crippen molar-refractivity contribution in [3.05, 3.63) is 57.6 Å². The molecule has 0 heterocycles. The van der Waals surface area contributed by atoms with E-state index >= 15 is 0 Å². The fourth-order valence-electron chi connectivity index (χ4n) is 3.79. The van der Waals surface area contributed by atoms with Gasteiger partial charge in [0.15, 0.2) is 5.75 Å². The lowest BCUT2D eigenvalue weighted by Gasteiger charge is -2.28. The maximum absolute atomic E-state index is 11.8. The van der Waals surface area contributed by atoms with Gasteiger partial charge in [0.1, 0.15) is 18.5 Å². The molecule has 2 rings (SSSR count). The molecule has 1 amide bonds. The van der Waals surface area contributed by atoms with Gasteiger partial charge in [-0.1, -0.05) is 56.1 Å². The topological polar surface area (TPSA) is 99.2 Å². The Balaban J connectivity index is 2.10. The highest BCUT2D eigenvalue weighted by atomic mass is 35.5. The van der Waals surface area contributed by atoms with Crippen LogP contribution in [0.5, 0.6) is 11.5 Å². The van der Waals surface area contributed by atoms with Gasteiger partial charge < -0.3 is 14.2 Å². The van der Waals surface area contributed by atoms with Crippen LogP contribution in [0.15, 0.2) is 36.4 Å². The van der Waals surface area contributed by atoms with Gasteiger partial charge in [-0.05, 0) is 35.4 Å². The van der Waals surface area contributed by atoms with Crippen LogP contribution < -0.4 is 9.47 Å². The Morgan fingerprint density at radius 1 is 0.974 bits per heavy atom. The molecule has 2 atom stereocenters. The average molecular weight is 623 g/mol. The number of sulfonamides is 1. The summed E-state index contributed by atoms with van der Waals surface area (Å²) in [6, 6.07) is 11.1. The molecule has 0 unspecified atom stereocenters. The Hall–Kier alpha value is -2.20. The second-order valence-corrected chi connectivity index (χ2v) is 12.9. The van der Waals surface area contributed by atoms with Gasteiger partial charge in [-0.15, -0.1) is 11.6 Å². The highest BCUT2D eigenvalue weighted by Crippen LogP contribution is 2.40. The zero-order valence-electron chi connectivity index (χ0n) is 22.8. The first-order valence-corrected chi connectivity index (χ1v) is 15.3. The number of alkyl halides is 1. The molecule has 0 N–H and O–H groups in total. The van der Waals surface area contributed by atoms with Gasteiger partial charge in [-0.25, -0.2) is 12.7 Å². The fourth-order valence-corrected chi connectivity index (χ4v) is 5.53. The number of hydrogen-bond acceptors (Lipinski definition) is 7. The molecule has 2 aromatic rings. The Labute approximate surface area is 245 Å². The van der Waals surface area contributed by atoms with Crippen molar-refractivity contribution in [3.63, 3.8) is 0 Å². The molecule has 0 spiro atoms. The maximum Gasteiger partial charge on any atom is 0.303 e. The second-order valence-electron chi connectivity index (χ2n) is 9.84. The summed E-state index contributed by atoms with van der Waals surface area (Å²) in [6.45, 7) is 8.66. The normalized spacial score (nSPS) is 13.4. The molecule has 0 bridgehead atoms. The minimum absolute atomic E-state index is 0.00633. The van der Waals surface area contributed by atoms with Crippen LogP contribution in [-0.4, -0.2) is 62.6 Å². The van der Waals surface area contributed by atoms with Gasteiger partial charge in [-0.3, -0.25) is 9.59 Å². The summed E-state index contributed by atoms with van der Waals surface area (Å²) in [5, 5.41) is 0.619. The highest BCUT2D eigenvalue weighted by Gasteiger charge is 2.27. The molecule has 0 radical (unpaired) electrons. The molecular formula is C27H34Cl3NO7S. The van der Waals surface area contributed by atoms with Crippen LogP contribution in [0.4, 0.5) is 0 Å². The monoisotopic (exact) mass is 621 g/mol. The Morgan fingerprint density at radius 2 is 1.54 bits per heavy atom. The Bertz CT molecular complexity index is 1240. The first kappa shape index (κ1) is 33.0. The molecule has 0 fully saturated rings. The molecule has 216 valence electrons. The number of nitrogens with zero attached hydrogens (tertiary/aromatic N) is 1. The molecule has 0 aliphatic carbocycles. The number of rotatable bonds is 13. The van der Waals surface area contributed by atoms with Crippen LogP contribution in [0.3, 0.4) is 0 Å². The average Bonchev–Trinajstić information content (AvgIpc) is 2.83. The van der Waals surface area contributed by atoms with E-state index in [1.54, 1.807) is 12.1 Å². The molecule has 12 heteroatoms. The number of hydrogen-bond donors (Lipinski definition) is 0. The molecule has 0 saturated carbocycles. The highest BCUT2D eigenvalue weighted by molar-refractivity contribution is 7.88. The predicted molar refractivity (Wildman–Crippen MR) is 154 cm³/mol. The lowest BCUT2D eigenvalue weighted by Crippen LogP contribution is -2.38. The lowest BCUT2D eigenvalue weighted by molar-refractivity contribution is -0.146. The maximum atomic E-state index is 11.8. The zero-order chi connectivity index (χ0) is 29.5. The van der Waals surface area contributed by atoms with Gasteiger partial charge in [-0.2, -0.15) is 0 Å². The van der Waals surface area contributed by atoms with Crippen molar-refractivity contribution in [1.29, 1.82) is 0 Å². The zero-order valence-corrected chi connectivity index (χ0v) is 25.9. The quantitative estimate of drug-likeness (QED) is 0.209. The summed E-state index contributed by atoms with van der Waals surface area (Å²) in [5.41, 5.74) is 1.35. The van der Waals surface area contributed by atoms with E-state index < -0.39 is 33.4 Å². The number of carbonyl (C=O) groups is 2. The van der Waals surface area contributed by atoms with Crippen LogP contribution in [0, 0.1) is 5.92 Å². The molecule has 39 heavy (non-hydrogen) atoms. The standard InChI is InChI=1S/C27H34Cl3NO7S/c1-17(14-31(18(2)32)39(6,34)35)15-36-22-9-7-20(8-10-22)27(4,5)21-11-24(29)26(25(30)12-21)37-16-23(13-28)38-19(3)33/h7-12,17,23H,13-16H2,1-6H3/t17-,23+/m0/s1. The number of halogens is 3. The molecular weight excluding hydrogens is 589 g/mol. The van der Waals surface area contributed by atoms with Crippen molar-refractivity contribution in [2.45, 2.75) is 46.1 Å². The minimum Gasteiger partial charge on any atom is -0.493 e. The predicted octanol–water partition coefficient (Wildman–Crippen LogP) is 5.69. The van der Waals surface area contributed by atoms with Crippen molar-refractivity contribution >= 4 is 56.7 Å². The number of benzene rings is 2. The summed E-state index contributed by atoms with van der Waals surface area (Å²) < 4.78 is 41.1. The van der Waals surface area contributed by atoms with E-state index in [-0.39, 0.29) is 37.3 Å². The van der Waals surface area contributed by atoms with E-state index in [0.717, 1.165) is 21.7 Å². The van der Waals surface area contributed by atoms with E-state index in [1.165, 1.54) is 13.8 Å². The first-order chi connectivity index (χ1) is 18.1. The van der Waals surface area contributed by atoms with Crippen LogP contribution in [0.25, 0.3) is 0 Å². The van der Waals surface area contributed by atoms with Gasteiger partial charge >= 0.3 is 5.97 Å².